The number of phenols is 1. The summed E-state index contributed by atoms with van der Waals surface area (Å²) in [6.07, 6.45) is 16.0. The molecule has 2 unspecified atom stereocenters. The van der Waals surface area contributed by atoms with Crippen LogP contribution < -0.4 is 0 Å². The van der Waals surface area contributed by atoms with Crippen LogP contribution in [0.3, 0.4) is 0 Å². The van der Waals surface area contributed by atoms with E-state index in [1.807, 2.05) is 12.1 Å². The number of benzene rings is 1. The topological polar surface area (TPSA) is 20.2 Å². The summed E-state index contributed by atoms with van der Waals surface area (Å²) in [5.74, 6) is 3.01. The molecule has 0 radical (unpaired) electrons. The molecule has 0 bridgehead atoms. The van der Waals surface area contributed by atoms with Crippen LogP contribution in [-0.2, 0) is 19.5 Å². The molecule has 2 heteroatoms. The first-order valence-corrected chi connectivity index (χ1v) is 10.9. The third-order valence-corrected chi connectivity index (χ3v) is 6.17. The molecule has 2 fully saturated rings. The van der Waals surface area contributed by atoms with E-state index in [1.165, 1.54) is 69.8 Å². The number of rotatable bonds is 4. The van der Waals surface area contributed by atoms with Gasteiger partial charge in [0.05, 0.1) is 0 Å². The van der Waals surface area contributed by atoms with Crippen LogP contribution in [0.25, 0.3) is 0 Å². The molecule has 0 aromatic heterocycles. The van der Waals surface area contributed by atoms with Crippen molar-refractivity contribution in [2.75, 3.05) is 0 Å². The Morgan fingerprint density at radius 2 is 1.21 bits per heavy atom. The van der Waals surface area contributed by atoms with Gasteiger partial charge in [0, 0.05) is 0 Å². The van der Waals surface area contributed by atoms with Gasteiger partial charge >= 0.3 is 19.5 Å². The van der Waals surface area contributed by atoms with E-state index < -0.39 is 0 Å². The van der Waals surface area contributed by atoms with Crippen LogP contribution in [0.15, 0.2) is 24.3 Å². The fraction of sp³-hybridized carbons (Fsp3) is 0.692. The smallest absolute Gasteiger partial charge is 0.508 e. The molecule has 166 valence electrons. The van der Waals surface area contributed by atoms with E-state index >= 15 is 0 Å². The molecule has 2 saturated carbocycles. The molecule has 1 aromatic rings. The molecule has 0 saturated heterocycles. The maximum atomic E-state index is 9.01. The van der Waals surface area contributed by atoms with E-state index in [9.17, 15) is 0 Å². The van der Waals surface area contributed by atoms with Crippen molar-refractivity contribution in [2.45, 2.75) is 104 Å². The second kappa shape index (κ2) is 19.9. The van der Waals surface area contributed by atoms with Gasteiger partial charge in [0.15, 0.2) is 0 Å². The Bertz CT molecular complexity index is 411. The van der Waals surface area contributed by atoms with Crippen LogP contribution in [0.5, 0.6) is 5.75 Å². The SMILES string of the molecule is C1CCCC1.CCC(C)C1CCCC1.CCC(C)c1ccc(O)cc1.[CH3-].[CH3-].[Ru+2]. The van der Waals surface area contributed by atoms with Crippen molar-refractivity contribution in [3.63, 3.8) is 0 Å². The summed E-state index contributed by atoms with van der Waals surface area (Å²) >= 11 is 0. The average Bonchev–Trinajstić information content (AvgIpc) is 3.37. The zero-order chi connectivity index (χ0) is 18.5. The van der Waals surface area contributed by atoms with Gasteiger partial charge in [-0.25, -0.2) is 0 Å². The zero-order valence-electron chi connectivity index (χ0n) is 19.6. The third-order valence-electron chi connectivity index (χ3n) is 6.17. The predicted octanol–water partition coefficient (Wildman–Crippen LogP) is 8.98. The Morgan fingerprint density at radius 1 is 0.786 bits per heavy atom. The van der Waals surface area contributed by atoms with Crippen molar-refractivity contribution < 1.29 is 24.6 Å². The summed E-state index contributed by atoms with van der Waals surface area (Å²) in [6.45, 7) is 9.06. The summed E-state index contributed by atoms with van der Waals surface area (Å²) in [4.78, 5) is 0. The standard InChI is InChI=1S/C10H14O.C9H18.C5H10.2CH3.Ru/c1-3-8(2)9-4-6-10(11)7-5-9;1-3-8(2)9-6-4-5-7-9;1-2-4-5-3-1;;;/h4-8,11H,3H2,1-2H3;8-9H,3-7H2,1-2H3;1-5H2;2*1H3;/q;;;2*-1;+2. The Morgan fingerprint density at radius 3 is 1.57 bits per heavy atom. The molecule has 3 rings (SSSR count). The summed E-state index contributed by atoms with van der Waals surface area (Å²) in [5.41, 5.74) is 1.30. The van der Waals surface area contributed by atoms with Crippen molar-refractivity contribution in [3.05, 3.63) is 44.7 Å². The third kappa shape index (κ3) is 13.8. The van der Waals surface area contributed by atoms with E-state index in [1.54, 1.807) is 12.1 Å². The zero-order valence-corrected chi connectivity index (χ0v) is 21.4. The van der Waals surface area contributed by atoms with E-state index in [0.717, 1.165) is 18.3 Å². The van der Waals surface area contributed by atoms with Gasteiger partial charge in [-0.3, -0.25) is 0 Å². The van der Waals surface area contributed by atoms with Crippen LogP contribution in [0.2, 0.25) is 0 Å². The largest absolute Gasteiger partial charge is 2.00 e. The molecular weight excluding hydrogens is 429 g/mol. The molecule has 1 aromatic carbocycles. The van der Waals surface area contributed by atoms with Gasteiger partial charge in [0.25, 0.3) is 0 Å². The second-order valence-electron chi connectivity index (χ2n) is 8.10. The first-order valence-electron chi connectivity index (χ1n) is 10.9. The summed E-state index contributed by atoms with van der Waals surface area (Å²) in [6, 6.07) is 7.43. The van der Waals surface area contributed by atoms with Gasteiger partial charge in [0.1, 0.15) is 5.75 Å². The monoisotopic (exact) mass is 478 g/mol. The van der Waals surface area contributed by atoms with Crippen LogP contribution in [0.1, 0.15) is 110 Å². The quantitative estimate of drug-likeness (QED) is 0.339. The van der Waals surface area contributed by atoms with Crippen molar-refractivity contribution >= 4 is 0 Å². The van der Waals surface area contributed by atoms with Crippen LogP contribution in [0.4, 0.5) is 0 Å². The summed E-state index contributed by atoms with van der Waals surface area (Å²) in [7, 11) is 0. The van der Waals surface area contributed by atoms with Crippen LogP contribution in [0, 0.1) is 26.7 Å². The first kappa shape index (κ1) is 32.3. The minimum absolute atomic E-state index is 0. The molecule has 0 heterocycles. The maximum absolute atomic E-state index is 9.01. The minimum atomic E-state index is 0. The molecule has 1 N–H and O–H groups in total. The Kier molecular flexibility index (Phi) is 23.0. The molecule has 2 aliphatic carbocycles. The van der Waals surface area contributed by atoms with Gasteiger partial charge in [-0.15, -0.1) is 0 Å². The van der Waals surface area contributed by atoms with E-state index in [2.05, 4.69) is 27.7 Å². The minimum Gasteiger partial charge on any atom is -0.508 e. The number of hydrogen-bond donors (Lipinski definition) is 1. The molecule has 1 nitrogen and oxygen atoms in total. The summed E-state index contributed by atoms with van der Waals surface area (Å²) in [5, 5.41) is 9.01. The molecule has 2 aliphatic rings. The van der Waals surface area contributed by atoms with Crippen molar-refractivity contribution in [2.24, 2.45) is 11.8 Å². The van der Waals surface area contributed by atoms with Crippen molar-refractivity contribution in [1.82, 2.24) is 0 Å². The maximum Gasteiger partial charge on any atom is 2.00 e. The van der Waals surface area contributed by atoms with E-state index in [0.29, 0.717) is 11.7 Å². The van der Waals surface area contributed by atoms with E-state index in [-0.39, 0.29) is 34.3 Å². The molecule has 28 heavy (non-hydrogen) atoms. The average molecular weight is 478 g/mol. The van der Waals surface area contributed by atoms with Gasteiger partial charge in [0.2, 0.25) is 0 Å². The second-order valence-corrected chi connectivity index (χ2v) is 8.10. The Hall–Kier alpha value is -0.357. The van der Waals surface area contributed by atoms with Gasteiger partial charge in [-0.2, -0.15) is 0 Å². The fourth-order valence-corrected chi connectivity index (χ4v) is 3.78. The fourth-order valence-electron chi connectivity index (χ4n) is 3.78. The Balaban J connectivity index is -0.000000335. The summed E-state index contributed by atoms with van der Waals surface area (Å²) < 4.78 is 0. The first-order chi connectivity index (χ1) is 12.1. The number of hydrogen-bond acceptors (Lipinski definition) is 1. The van der Waals surface area contributed by atoms with Crippen molar-refractivity contribution in [3.8, 4) is 5.75 Å². The number of aromatic hydroxyl groups is 1. The normalized spacial score (nSPS) is 17.3. The Labute approximate surface area is 190 Å². The van der Waals surface area contributed by atoms with Crippen LogP contribution in [-0.4, -0.2) is 5.11 Å². The predicted molar refractivity (Wildman–Crippen MR) is 124 cm³/mol. The van der Waals surface area contributed by atoms with Crippen LogP contribution >= 0.6 is 0 Å². The van der Waals surface area contributed by atoms with E-state index in [4.69, 9.17) is 5.11 Å². The molecule has 2 atom stereocenters. The van der Waals surface area contributed by atoms with Gasteiger partial charge < -0.3 is 20.0 Å². The van der Waals surface area contributed by atoms with Gasteiger partial charge in [-0.05, 0) is 41.9 Å². The molecule has 0 aliphatic heterocycles. The van der Waals surface area contributed by atoms with Gasteiger partial charge in [-0.1, -0.05) is 104 Å². The number of phenolic OH excluding ortho intramolecular Hbond substituents is 1. The molecular formula is C26H48ORu. The molecule has 0 spiro atoms. The van der Waals surface area contributed by atoms with Crippen molar-refractivity contribution in [1.29, 1.82) is 0 Å². The molecule has 0 amide bonds.